The minimum absolute atomic E-state index is 0.0985. The zero-order valence-electron chi connectivity index (χ0n) is 17.2. The van der Waals surface area contributed by atoms with Gasteiger partial charge in [-0.05, 0) is 73.7 Å². The maximum Gasteiger partial charge on any atom is 0.174 e. The first-order chi connectivity index (χ1) is 15.5. The molecule has 0 radical (unpaired) electrons. The van der Waals surface area contributed by atoms with Gasteiger partial charge in [-0.1, -0.05) is 17.7 Å². The van der Waals surface area contributed by atoms with Gasteiger partial charge in [-0.3, -0.25) is 9.97 Å². The van der Waals surface area contributed by atoms with E-state index in [0.717, 1.165) is 22.8 Å². The average molecular weight is 462 g/mol. The fourth-order valence-corrected chi connectivity index (χ4v) is 4.74. The van der Waals surface area contributed by atoms with Gasteiger partial charge in [0.25, 0.3) is 0 Å². The number of benzene rings is 1. The summed E-state index contributed by atoms with van der Waals surface area (Å²) < 4.78 is 2.15. The molecule has 32 heavy (non-hydrogen) atoms. The quantitative estimate of drug-likeness (QED) is 0.411. The van der Waals surface area contributed by atoms with Gasteiger partial charge in [0, 0.05) is 28.8 Å². The van der Waals surface area contributed by atoms with Crippen LogP contribution in [0.25, 0.3) is 5.69 Å². The molecule has 1 fully saturated rings. The van der Waals surface area contributed by atoms with Crippen molar-refractivity contribution in [3.05, 3.63) is 101 Å². The number of aryl methyl sites for hydroxylation is 1. The Morgan fingerprint density at radius 3 is 2.69 bits per heavy atom. The fraction of sp³-hybridized carbons (Fsp3) is 0.125. The lowest BCUT2D eigenvalue weighted by Crippen LogP contribution is -2.30. The first-order valence-electron chi connectivity index (χ1n) is 10.1. The van der Waals surface area contributed by atoms with E-state index in [1.165, 1.54) is 0 Å². The monoisotopic (exact) mass is 461 g/mol. The van der Waals surface area contributed by atoms with E-state index < -0.39 is 0 Å². The first-order valence-corrected chi connectivity index (χ1v) is 10.9. The van der Waals surface area contributed by atoms with Crippen molar-refractivity contribution in [3.63, 3.8) is 0 Å². The smallest absolute Gasteiger partial charge is 0.174 e. The molecule has 2 N–H and O–H groups in total. The van der Waals surface area contributed by atoms with E-state index in [0.29, 0.717) is 15.8 Å². The molecule has 4 heterocycles. The summed E-state index contributed by atoms with van der Waals surface area (Å²) in [4.78, 5) is 10.8. The summed E-state index contributed by atoms with van der Waals surface area (Å²) >= 11 is 12.1. The summed E-state index contributed by atoms with van der Waals surface area (Å²) in [6.45, 7) is 2.05. The Morgan fingerprint density at radius 1 is 1.06 bits per heavy atom. The third-order valence-corrected chi connectivity index (χ3v) is 6.16. The highest BCUT2D eigenvalue weighted by atomic mass is 35.5. The molecule has 0 amide bonds. The van der Waals surface area contributed by atoms with Gasteiger partial charge in [-0.25, -0.2) is 0 Å². The van der Waals surface area contributed by atoms with Crippen molar-refractivity contribution in [3.8, 4) is 11.4 Å². The zero-order valence-corrected chi connectivity index (χ0v) is 18.8. The van der Waals surface area contributed by atoms with Crippen LogP contribution in [0.4, 0.5) is 5.69 Å². The number of aromatic nitrogens is 3. The van der Waals surface area contributed by atoms with Crippen LogP contribution in [0.15, 0.2) is 79.3 Å². The normalized spacial score (nSPS) is 18.1. The van der Waals surface area contributed by atoms with E-state index in [1.54, 1.807) is 30.6 Å². The van der Waals surface area contributed by atoms with Gasteiger partial charge >= 0.3 is 0 Å². The van der Waals surface area contributed by atoms with Gasteiger partial charge in [-0.2, -0.15) is 0 Å². The van der Waals surface area contributed by atoms with Crippen LogP contribution in [0.1, 0.15) is 29.2 Å². The summed E-state index contributed by atoms with van der Waals surface area (Å²) in [5, 5.41) is 15.1. The Bertz CT molecular complexity index is 1280. The molecule has 0 saturated carbocycles. The molecule has 0 aliphatic carbocycles. The second kappa shape index (κ2) is 8.26. The number of hydrogen-bond donors (Lipinski definition) is 2. The number of rotatable bonds is 4. The largest absolute Gasteiger partial charge is 0.506 e. The molecule has 1 saturated heterocycles. The van der Waals surface area contributed by atoms with E-state index in [1.807, 2.05) is 48.4 Å². The number of thiocarbonyl (C=S) groups is 1. The number of nitrogens with one attached hydrogen (secondary N) is 1. The molecule has 160 valence electrons. The molecule has 0 bridgehead atoms. The number of hydrogen-bond acceptors (Lipinski definition) is 4. The standard InChI is InChI=1S/C24H20ClN5OS/c1-15-7-9-19(29(15)17-5-4-11-26-14-17)23-22(18-6-2-3-12-27-18)28-24(32)30(23)20-13-16(25)8-10-21(20)31/h2-14,22-23,31H,1H3,(H,28,32). The van der Waals surface area contributed by atoms with Crippen LogP contribution in [-0.4, -0.2) is 24.8 Å². The Labute approximate surface area is 196 Å². The number of phenols is 1. The molecular formula is C24H20ClN5OS. The minimum Gasteiger partial charge on any atom is -0.506 e. The number of aromatic hydroxyl groups is 1. The highest BCUT2D eigenvalue weighted by Gasteiger charge is 2.43. The van der Waals surface area contributed by atoms with Crippen LogP contribution in [0.5, 0.6) is 5.75 Å². The highest BCUT2D eigenvalue weighted by molar-refractivity contribution is 7.80. The molecule has 1 aliphatic rings. The predicted molar refractivity (Wildman–Crippen MR) is 129 cm³/mol. The van der Waals surface area contributed by atoms with Crippen molar-refractivity contribution in [1.29, 1.82) is 0 Å². The van der Waals surface area contributed by atoms with Gasteiger partial charge in [0.1, 0.15) is 11.8 Å². The molecule has 8 heteroatoms. The summed E-state index contributed by atoms with van der Waals surface area (Å²) in [5.41, 5.74) is 4.37. The fourth-order valence-electron chi connectivity index (χ4n) is 4.23. The Kier molecular flexibility index (Phi) is 5.28. The average Bonchev–Trinajstić information content (AvgIpc) is 3.36. The molecular weight excluding hydrogens is 442 g/mol. The number of nitrogens with zero attached hydrogens (tertiary/aromatic N) is 4. The van der Waals surface area contributed by atoms with E-state index in [4.69, 9.17) is 23.8 Å². The van der Waals surface area contributed by atoms with Gasteiger partial charge in [0.05, 0.1) is 29.3 Å². The van der Waals surface area contributed by atoms with Gasteiger partial charge in [0.15, 0.2) is 5.11 Å². The van der Waals surface area contributed by atoms with Crippen LogP contribution in [0, 0.1) is 6.92 Å². The summed E-state index contributed by atoms with van der Waals surface area (Å²) in [5.74, 6) is 0.0985. The van der Waals surface area contributed by atoms with Crippen molar-refractivity contribution < 1.29 is 5.11 Å². The Hall–Kier alpha value is -3.42. The van der Waals surface area contributed by atoms with Gasteiger partial charge in [-0.15, -0.1) is 0 Å². The Balaban J connectivity index is 1.73. The van der Waals surface area contributed by atoms with Crippen LogP contribution >= 0.6 is 23.8 Å². The summed E-state index contributed by atoms with van der Waals surface area (Å²) in [7, 11) is 0. The maximum absolute atomic E-state index is 10.7. The lowest BCUT2D eigenvalue weighted by Gasteiger charge is -2.29. The maximum atomic E-state index is 10.7. The lowest BCUT2D eigenvalue weighted by molar-refractivity contribution is 0.472. The van der Waals surface area contributed by atoms with E-state index in [2.05, 4.69) is 32.0 Å². The van der Waals surface area contributed by atoms with Crippen molar-refractivity contribution in [1.82, 2.24) is 19.9 Å². The molecule has 3 aromatic heterocycles. The molecule has 2 unspecified atom stereocenters. The van der Waals surface area contributed by atoms with E-state index in [-0.39, 0.29) is 17.8 Å². The van der Waals surface area contributed by atoms with E-state index >= 15 is 0 Å². The topological polar surface area (TPSA) is 66.2 Å². The van der Waals surface area contributed by atoms with E-state index in [9.17, 15) is 5.11 Å². The number of phenolic OH excluding ortho intramolecular Hbond substituents is 1. The molecule has 2 atom stereocenters. The SMILES string of the molecule is Cc1ccc(C2C(c3ccccn3)NC(=S)N2c2cc(Cl)ccc2O)n1-c1cccnc1. The van der Waals surface area contributed by atoms with Gasteiger partial charge < -0.3 is 19.9 Å². The summed E-state index contributed by atoms with van der Waals surface area (Å²) in [6.07, 6.45) is 5.34. The summed E-state index contributed by atoms with van der Waals surface area (Å²) in [6, 6.07) is 18.3. The van der Waals surface area contributed by atoms with Crippen LogP contribution in [-0.2, 0) is 0 Å². The number of anilines is 1. The zero-order chi connectivity index (χ0) is 22.2. The second-order valence-electron chi connectivity index (χ2n) is 7.58. The molecule has 5 rings (SSSR count). The third-order valence-electron chi connectivity index (χ3n) is 5.61. The molecule has 1 aliphatic heterocycles. The first kappa shape index (κ1) is 20.5. The number of pyridine rings is 2. The minimum atomic E-state index is -0.296. The molecule has 0 spiro atoms. The lowest BCUT2D eigenvalue weighted by atomic mass is 10.0. The second-order valence-corrected chi connectivity index (χ2v) is 8.40. The highest BCUT2D eigenvalue weighted by Crippen LogP contribution is 2.45. The number of halogens is 1. The molecule has 6 nitrogen and oxygen atoms in total. The van der Waals surface area contributed by atoms with Crippen molar-refractivity contribution in [2.45, 2.75) is 19.0 Å². The van der Waals surface area contributed by atoms with Crippen LogP contribution in [0.2, 0.25) is 5.02 Å². The van der Waals surface area contributed by atoms with Crippen LogP contribution in [0.3, 0.4) is 0 Å². The predicted octanol–water partition coefficient (Wildman–Crippen LogP) is 5.11. The van der Waals surface area contributed by atoms with Gasteiger partial charge in [0.2, 0.25) is 0 Å². The molecule has 1 aromatic carbocycles. The Morgan fingerprint density at radius 2 is 1.94 bits per heavy atom. The van der Waals surface area contributed by atoms with Crippen molar-refractivity contribution in [2.75, 3.05) is 4.90 Å². The molecule has 4 aromatic rings. The van der Waals surface area contributed by atoms with Crippen molar-refractivity contribution in [2.24, 2.45) is 0 Å². The third kappa shape index (κ3) is 3.49. The van der Waals surface area contributed by atoms with Crippen LogP contribution < -0.4 is 10.2 Å². The van der Waals surface area contributed by atoms with Crippen molar-refractivity contribution >= 4 is 34.6 Å².